The Kier molecular flexibility index (Phi) is 9.26. The second-order valence-electron chi connectivity index (χ2n) is 8.52. The van der Waals surface area contributed by atoms with Crippen LogP contribution in [0.2, 0.25) is 0 Å². The van der Waals surface area contributed by atoms with Crippen LogP contribution in [0.4, 0.5) is 0 Å². The molecule has 9 nitrogen and oxygen atoms in total. The van der Waals surface area contributed by atoms with Crippen LogP contribution in [0.15, 0.2) is 35.5 Å². The van der Waals surface area contributed by atoms with Crippen molar-refractivity contribution in [2.75, 3.05) is 46.4 Å². The molecule has 9 heteroatoms. The molecule has 1 fully saturated rings. The molecule has 3 rings (SSSR count). The van der Waals surface area contributed by atoms with Gasteiger partial charge in [-0.3, -0.25) is 15.1 Å². The highest BCUT2D eigenvalue weighted by Gasteiger charge is 2.21. The number of piperazine rings is 1. The topological polar surface area (TPSA) is 123 Å². The van der Waals surface area contributed by atoms with Gasteiger partial charge in [0, 0.05) is 63.0 Å². The second-order valence-corrected chi connectivity index (χ2v) is 8.52. The molecule has 1 unspecified atom stereocenters. The third kappa shape index (κ3) is 7.03. The van der Waals surface area contributed by atoms with E-state index >= 15 is 0 Å². The number of ether oxygens (including phenoxy) is 1. The first-order valence-electron chi connectivity index (χ1n) is 11.8. The third-order valence-electron chi connectivity index (χ3n) is 6.13. The number of nitrogens with two attached hydrogens (primary N) is 1. The van der Waals surface area contributed by atoms with Crippen LogP contribution in [-0.4, -0.2) is 85.0 Å². The van der Waals surface area contributed by atoms with E-state index in [-0.39, 0.29) is 17.8 Å². The quantitative estimate of drug-likeness (QED) is 0.340. The highest BCUT2D eigenvalue weighted by atomic mass is 16.5. The molecule has 5 N–H and O–H groups in total. The molecule has 0 radical (unpaired) electrons. The largest absolute Gasteiger partial charge is 0.383 e. The Hall–Kier alpha value is -2.91. The number of fused-ring (bicyclic) bond motifs is 1. The van der Waals surface area contributed by atoms with Crippen molar-refractivity contribution in [2.24, 2.45) is 10.7 Å². The van der Waals surface area contributed by atoms with Gasteiger partial charge >= 0.3 is 0 Å². The number of unbranched alkanes of at least 4 members (excludes halogenated alkanes) is 1. The smallest absolute Gasteiger partial charge is 0.286 e. The van der Waals surface area contributed by atoms with Crippen LogP contribution in [0.3, 0.4) is 0 Å². The first kappa shape index (κ1) is 24.7. The number of carbonyl (C=O) groups excluding carboxylic acids is 1. The van der Waals surface area contributed by atoms with Crippen molar-refractivity contribution in [3.8, 4) is 0 Å². The number of amidine groups is 1. The Morgan fingerprint density at radius 1 is 1.30 bits per heavy atom. The van der Waals surface area contributed by atoms with Crippen molar-refractivity contribution < 1.29 is 9.53 Å². The summed E-state index contributed by atoms with van der Waals surface area (Å²) < 4.78 is 5.13. The zero-order valence-corrected chi connectivity index (χ0v) is 19.8. The molecule has 1 atom stereocenters. The van der Waals surface area contributed by atoms with E-state index < -0.39 is 5.91 Å². The molecule has 0 spiro atoms. The van der Waals surface area contributed by atoms with Gasteiger partial charge in [-0.15, -0.1) is 0 Å². The van der Waals surface area contributed by atoms with Gasteiger partial charge in [0.2, 0.25) is 5.96 Å². The van der Waals surface area contributed by atoms with E-state index in [1.54, 1.807) is 7.11 Å². The lowest BCUT2D eigenvalue weighted by Crippen LogP contribution is -2.50. The molecular weight excluding hydrogens is 418 g/mol. The summed E-state index contributed by atoms with van der Waals surface area (Å²) >= 11 is 0. The summed E-state index contributed by atoms with van der Waals surface area (Å²) in [6.07, 6.45) is 5.63. The average Bonchev–Trinajstić information content (AvgIpc) is 3.24. The molecular formula is C24H37N7O2. The number of H-pyrrole nitrogens is 1. The second kappa shape index (κ2) is 12.4. The molecule has 1 aliphatic rings. The Bertz CT molecular complexity index is 947. The Morgan fingerprint density at radius 3 is 2.79 bits per heavy atom. The van der Waals surface area contributed by atoms with E-state index in [0.717, 1.165) is 44.4 Å². The SMILES string of the molecule is CCCCC(Cc1c[nH]c2ccccc12)NC(=O)/C(N)=N/C(=N)N1CCN(CCOC)CC1. The molecule has 1 aromatic carbocycles. The minimum atomic E-state index is -0.417. The number of hydrogen-bond acceptors (Lipinski definition) is 4. The third-order valence-corrected chi connectivity index (χ3v) is 6.13. The van der Waals surface area contributed by atoms with E-state index in [1.165, 1.54) is 10.9 Å². The Labute approximate surface area is 195 Å². The van der Waals surface area contributed by atoms with Crippen molar-refractivity contribution in [3.05, 3.63) is 36.0 Å². The molecule has 2 aromatic rings. The molecule has 0 aliphatic carbocycles. The van der Waals surface area contributed by atoms with E-state index in [1.807, 2.05) is 29.3 Å². The van der Waals surface area contributed by atoms with Crippen LogP contribution in [0.1, 0.15) is 31.7 Å². The lowest BCUT2D eigenvalue weighted by atomic mass is 10.0. The van der Waals surface area contributed by atoms with Crippen molar-refractivity contribution in [3.63, 3.8) is 0 Å². The van der Waals surface area contributed by atoms with Gasteiger partial charge in [-0.2, -0.15) is 4.99 Å². The molecule has 1 aromatic heterocycles. The predicted molar refractivity (Wildman–Crippen MR) is 133 cm³/mol. The summed E-state index contributed by atoms with van der Waals surface area (Å²) in [5.41, 5.74) is 8.25. The standard InChI is InChI=1S/C24H37N7O2/c1-3-4-7-19(16-18-17-27-21-9-6-5-8-20(18)21)28-23(32)22(25)29-24(26)31-12-10-30(11-13-31)14-15-33-2/h5-6,8-9,17,19,27H,3-4,7,10-16H2,1-2H3,(H,28,32)(H3,25,26,29). The molecule has 1 saturated heterocycles. The van der Waals surface area contributed by atoms with E-state index in [0.29, 0.717) is 26.1 Å². The number of nitrogens with zero attached hydrogens (tertiary/aromatic N) is 3. The van der Waals surface area contributed by atoms with Crippen molar-refractivity contribution in [1.82, 2.24) is 20.1 Å². The predicted octanol–water partition coefficient (Wildman–Crippen LogP) is 1.94. The van der Waals surface area contributed by atoms with Crippen LogP contribution in [0.5, 0.6) is 0 Å². The minimum Gasteiger partial charge on any atom is -0.383 e. The van der Waals surface area contributed by atoms with E-state index in [4.69, 9.17) is 15.9 Å². The number of aromatic nitrogens is 1. The van der Waals surface area contributed by atoms with Crippen molar-refractivity contribution in [2.45, 2.75) is 38.6 Å². The molecule has 180 valence electrons. The first-order chi connectivity index (χ1) is 16.0. The van der Waals surface area contributed by atoms with Gasteiger partial charge < -0.3 is 25.7 Å². The van der Waals surface area contributed by atoms with Gasteiger partial charge in [-0.05, 0) is 24.5 Å². The molecule has 2 heterocycles. The fourth-order valence-corrected chi connectivity index (χ4v) is 4.14. The molecule has 1 amide bonds. The monoisotopic (exact) mass is 455 g/mol. The number of para-hydroxylation sites is 1. The van der Waals surface area contributed by atoms with Crippen LogP contribution in [0.25, 0.3) is 10.9 Å². The van der Waals surface area contributed by atoms with Gasteiger partial charge in [0.1, 0.15) is 0 Å². The number of amides is 1. The average molecular weight is 456 g/mol. The zero-order chi connectivity index (χ0) is 23.6. The number of rotatable bonds is 9. The number of guanidine groups is 1. The maximum atomic E-state index is 12.8. The summed E-state index contributed by atoms with van der Waals surface area (Å²) in [7, 11) is 1.70. The molecule has 33 heavy (non-hydrogen) atoms. The summed E-state index contributed by atoms with van der Waals surface area (Å²) in [4.78, 5) is 24.3. The highest BCUT2D eigenvalue weighted by molar-refractivity contribution is 6.38. The van der Waals surface area contributed by atoms with Gasteiger partial charge in [-0.25, -0.2) is 0 Å². The van der Waals surface area contributed by atoms with Crippen LogP contribution >= 0.6 is 0 Å². The normalized spacial score (nSPS) is 16.2. The Balaban J connectivity index is 1.58. The van der Waals surface area contributed by atoms with Crippen molar-refractivity contribution in [1.29, 1.82) is 5.41 Å². The maximum absolute atomic E-state index is 12.8. The molecule has 0 bridgehead atoms. The summed E-state index contributed by atoms with van der Waals surface area (Å²) in [5.74, 6) is -0.544. The Morgan fingerprint density at radius 2 is 2.06 bits per heavy atom. The number of aromatic amines is 1. The van der Waals surface area contributed by atoms with Crippen LogP contribution < -0.4 is 11.1 Å². The fourth-order valence-electron chi connectivity index (χ4n) is 4.14. The van der Waals surface area contributed by atoms with Gasteiger partial charge in [0.15, 0.2) is 5.84 Å². The number of benzene rings is 1. The van der Waals surface area contributed by atoms with Gasteiger partial charge in [0.25, 0.3) is 5.91 Å². The fraction of sp³-hybridized carbons (Fsp3) is 0.542. The number of nitrogens with one attached hydrogen (secondary N) is 3. The zero-order valence-electron chi connectivity index (χ0n) is 19.8. The minimum absolute atomic E-state index is 0.0378. The van der Waals surface area contributed by atoms with E-state index in [2.05, 4.69) is 33.2 Å². The maximum Gasteiger partial charge on any atom is 0.286 e. The highest BCUT2D eigenvalue weighted by Crippen LogP contribution is 2.20. The van der Waals surface area contributed by atoms with E-state index in [9.17, 15) is 4.79 Å². The number of carbonyl (C=O) groups is 1. The summed E-state index contributed by atoms with van der Waals surface area (Å²) in [6.45, 7) is 6.73. The number of aliphatic imine (C=N–C) groups is 1. The molecule has 0 saturated carbocycles. The van der Waals surface area contributed by atoms with Gasteiger partial charge in [-0.1, -0.05) is 38.0 Å². The molecule has 1 aliphatic heterocycles. The lowest BCUT2D eigenvalue weighted by Gasteiger charge is -2.34. The summed E-state index contributed by atoms with van der Waals surface area (Å²) in [5, 5.41) is 12.5. The van der Waals surface area contributed by atoms with Gasteiger partial charge in [0.05, 0.1) is 6.61 Å². The van der Waals surface area contributed by atoms with Crippen LogP contribution in [0, 0.1) is 5.41 Å². The number of hydrogen-bond donors (Lipinski definition) is 4. The first-order valence-corrected chi connectivity index (χ1v) is 11.8. The lowest BCUT2D eigenvalue weighted by molar-refractivity contribution is -0.115. The number of methoxy groups -OCH3 is 1. The summed E-state index contributed by atoms with van der Waals surface area (Å²) in [6, 6.07) is 8.11. The van der Waals surface area contributed by atoms with Crippen LogP contribution in [-0.2, 0) is 16.0 Å². The van der Waals surface area contributed by atoms with Crippen molar-refractivity contribution >= 4 is 28.6 Å².